The molecule has 3 heterocycles. The minimum Gasteiger partial charge on any atom is -0.384 e. The monoisotopic (exact) mass is 435 g/mol. The van der Waals surface area contributed by atoms with Gasteiger partial charge in [-0.15, -0.1) is 0 Å². The number of nitrogens with zero attached hydrogens (tertiary/aromatic N) is 4. The Morgan fingerprint density at radius 2 is 2.33 bits per heavy atom. The molecule has 10 heteroatoms. The van der Waals surface area contributed by atoms with E-state index in [2.05, 4.69) is 15.3 Å². The Hall–Kier alpha value is -2.30. The van der Waals surface area contributed by atoms with Crippen molar-refractivity contribution in [3.63, 3.8) is 0 Å². The van der Waals surface area contributed by atoms with Crippen molar-refractivity contribution in [2.75, 3.05) is 38.3 Å². The highest BCUT2D eigenvalue weighted by molar-refractivity contribution is 7.17. The number of aryl methyl sites for hydroxylation is 1. The number of methoxy groups -OCH3 is 1. The zero-order valence-electron chi connectivity index (χ0n) is 17.3. The number of aromatic nitrogens is 3. The van der Waals surface area contributed by atoms with E-state index in [-0.39, 0.29) is 24.3 Å². The maximum atomic E-state index is 12.7. The molecule has 1 aliphatic heterocycles. The topological polar surface area (TPSA) is 98.6 Å². The van der Waals surface area contributed by atoms with Crippen molar-refractivity contribution < 1.29 is 19.1 Å². The van der Waals surface area contributed by atoms with Gasteiger partial charge in [-0.05, 0) is 25.7 Å². The van der Waals surface area contributed by atoms with E-state index in [1.807, 2.05) is 10.8 Å². The van der Waals surface area contributed by atoms with Crippen LogP contribution in [0.2, 0.25) is 0 Å². The molecule has 30 heavy (non-hydrogen) atoms. The van der Waals surface area contributed by atoms with Crippen molar-refractivity contribution in [3.8, 4) is 0 Å². The Morgan fingerprint density at radius 1 is 1.43 bits per heavy atom. The van der Waals surface area contributed by atoms with E-state index < -0.39 is 0 Å². The lowest BCUT2D eigenvalue weighted by atomic mass is 10.1. The Morgan fingerprint density at radius 3 is 3.07 bits per heavy atom. The van der Waals surface area contributed by atoms with Gasteiger partial charge in [0.15, 0.2) is 5.13 Å². The number of amides is 2. The second-order valence-electron chi connectivity index (χ2n) is 7.15. The van der Waals surface area contributed by atoms with Crippen molar-refractivity contribution in [2.45, 2.75) is 44.8 Å². The summed E-state index contributed by atoms with van der Waals surface area (Å²) in [7, 11) is 1.57. The summed E-state index contributed by atoms with van der Waals surface area (Å²) in [5.41, 5.74) is 0. The molecule has 3 rings (SSSR count). The molecule has 2 aromatic heterocycles. The van der Waals surface area contributed by atoms with Crippen LogP contribution < -0.4 is 10.2 Å². The number of hydrogen-bond acceptors (Lipinski definition) is 7. The summed E-state index contributed by atoms with van der Waals surface area (Å²) in [6.07, 6.45) is 11.0. The fraction of sp³-hybridized carbons (Fsp3) is 0.600. The molecule has 1 aliphatic rings. The first-order valence-electron chi connectivity index (χ1n) is 10.3. The van der Waals surface area contributed by atoms with Gasteiger partial charge in [0.25, 0.3) is 5.91 Å². The quantitative estimate of drug-likeness (QED) is 0.543. The summed E-state index contributed by atoms with van der Waals surface area (Å²) >= 11 is 1.23. The Kier molecular flexibility index (Phi) is 8.79. The van der Waals surface area contributed by atoms with Crippen LogP contribution in [0.1, 0.15) is 41.8 Å². The van der Waals surface area contributed by atoms with Gasteiger partial charge in [0.05, 0.1) is 38.2 Å². The molecule has 1 fully saturated rings. The van der Waals surface area contributed by atoms with Crippen molar-refractivity contribution >= 4 is 28.3 Å². The molecule has 2 amide bonds. The van der Waals surface area contributed by atoms with Crippen LogP contribution in [0.25, 0.3) is 0 Å². The summed E-state index contributed by atoms with van der Waals surface area (Å²) in [6.45, 7) is 2.85. The van der Waals surface area contributed by atoms with Gasteiger partial charge in [-0.3, -0.25) is 14.5 Å². The van der Waals surface area contributed by atoms with Crippen molar-refractivity contribution in [1.29, 1.82) is 0 Å². The van der Waals surface area contributed by atoms with Crippen LogP contribution in [0, 0.1) is 0 Å². The fourth-order valence-electron chi connectivity index (χ4n) is 3.23. The van der Waals surface area contributed by atoms with E-state index in [0.717, 1.165) is 38.8 Å². The number of carbonyl (C=O) groups is 2. The maximum Gasteiger partial charge on any atom is 0.263 e. The number of anilines is 1. The van der Waals surface area contributed by atoms with Crippen LogP contribution in [0.5, 0.6) is 0 Å². The van der Waals surface area contributed by atoms with Crippen LogP contribution in [-0.2, 0) is 20.8 Å². The van der Waals surface area contributed by atoms with Gasteiger partial charge >= 0.3 is 0 Å². The number of thiazole rings is 1. The van der Waals surface area contributed by atoms with Gasteiger partial charge < -0.3 is 19.4 Å². The average molecular weight is 436 g/mol. The second kappa shape index (κ2) is 11.8. The standard InChI is InChI=1S/C20H29N5O4S/c1-28-12-6-18(26)25(14-16-5-2-3-11-29-16)20-23-13-17(30-20)19(27)22-7-4-9-24-10-8-21-15-24/h8,10,13,15-16H,2-7,9,11-12,14H2,1H3,(H,22,27). The van der Waals surface area contributed by atoms with Crippen LogP contribution in [0.15, 0.2) is 24.9 Å². The average Bonchev–Trinajstić information content (AvgIpc) is 3.46. The van der Waals surface area contributed by atoms with Crippen molar-refractivity contribution in [3.05, 3.63) is 29.8 Å². The third kappa shape index (κ3) is 6.61. The molecule has 1 atom stereocenters. The first-order chi connectivity index (χ1) is 14.7. The van der Waals surface area contributed by atoms with Gasteiger partial charge in [0.2, 0.25) is 5.91 Å². The van der Waals surface area contributed by atoms with Gasteiger partial charge in [0.1, 0.15) is 4.88 Å². The third-order valence-electron chi connectivity index (χ3n) is 4.87. The summed E-state index contributed by atoms with van der Waals surface area (Å²) in [4.78, 5) is 35.7. The minimum absolute atomic E-state index is 0.00500. The van der Waals surface area contributed by atoms with Gasteiger partial charge in [-0.2, -0.15) is 0 Å². The van der Waals surface area contributed by atoms with Crippen LogP contribution in [-0.4, -0.2) is 65.9 Å². The number of rotatable bonds is 11. The van der Waals surface area contributed by atoms with Crippen LogP contribution in [0.4, 0.5) is 5.13 Å². The predicted octanol–water partition coefficient (Wildman–Crippen LogP) is 2.10. The smallest absolute Gasteiger partial charge is 0.263 e. The van der Waals surface area contributed by atoms with E-state index in [4.69, 9.17) is 9.47 Å². The zero-order chi connectivity index (χ0) is 21.2. The van der Waals surface area contributed by atoms with Gasteiger partial charge in [-0.1, -0.05) is 11.3 Å². The van der Waals surface area contributed by atoms with Crippen molar-refractivity contribution in [1.82, 2.24) is 19.9 Å². The largest absolute Gasteiger partial charge is 0.384 e. The molecule has 1 saturated heterocycles. The first-order valence-corrected chi connectivity index (χ1v) is 11.1. The lowest BCUT2D eigenvalue weighted by Gasteiger charge is -2.28. The fourth-order valence-corrected chi connectivity index (χ4v) is 4.09. The molecular weight excluding hydrogens is 406 g/mol. The highest BCUT2D eigenvalue weighted by Crippen LogP contribution is 2.25. The highest BCUT2D eigenvalue weighted by atomic mass is 32.1. The summed E-state index contributed by atoms with van der Waals surface area (Å²) in [5, 5.41) is 3.43. The lowest BCUT2D eigenvalue weighted by molar-refractivity contribution is -0.120. The van der Waals surface area contributed by atoms with E-state index in [1.54, 1.807) is 24.5 Å². The van der Waals surface area contributed by atoms with Crippen LogP contribution >= 0.6 is 11.3 Å². The highest BCUT2D eigenvalue weighted by Gasteiger charge is 2.25. The number of hydrogen-bond donors (Lipinski definition) is 1. The maximum absolute atomic E-state index is 12.7. The summed E-state index contributed by atoms with van der Waals surface area (Å²) in [6, 6.07) is 0. The molecule has 0 saturated carbocycles. The Balaban J connectivity index is 1.56. The second-order valence-corrected chi connectivity index (χ2v) is 8.16. The molecule has 164 valence electrons. The molecular formula is C20H29N5O4S. The van der Waals surface area contributed by atoms with Gasteiger partial charge in [0, 0.05) is 39.2 Å². The summed E-state index contributed by atoms with van der Waals surface area (Å²) < 4.78 is 12.8. The van der Waals surface area contributed by atoms with Gasteiger partial charge in [-0.25, -0.2) is 9.97 Å². The molecule has 2 aromatic rings. The van der Waals surface area contributed by atoms with E-state index in [9.17, 15) is 9.59 Å². The van der Waals surface area contributed by atoms with E-state index in [0.29, 0.717) is 29.7 Å². The predicted molar refractivity (Wildman–Crippen MR) is 114 cm³/mol. The normalized spacial score (nSPS) is 16.4. The molecule has 1 N–H and O–H groups in total. The Labute approximate surface area is 180 Å². The summed E-state index contributed by atoms with van der Waals surface area (Å²) in [5.74, 6) is -0.254. The molecule has 1 unspecified atom stereocenters. The minimum atomic E-state index is -0.178. The number of carbonyl (C=O) groups excluding carboxylic acids is 2. The zero-order valence-corrected chi connectivity index (χ0v) is 18.1. The molecule has 0 aromatic carbocycles. The molecule has 0 bridgehead atoms. The SMILES string of the molecule is COCCC(=O)N(CC1CCCCO1)c1ncc(C(=O)NCCCn2ccnc2)s1. The lowest BCUT2D eigenvalue weighted by Crippen LogP contribution is -2.40. The molecule has 0 spiro atoms. The Bertz CT molecular complexity index is 789. The molecule has 9 nitrogen and oxygen atoms in total. The van der Waals surface area contributed by atoms with E-state index >= 15 is 0 Å². The molecule has 0 aliphatic carbocycles. The van der Waals surface area contributed by atoms with Crippen LogP contribution in [0.3, 0.4) is 0 Å². The number of nitrogens with one attached hydrogen (secondary N) is 1. The number of imidazole rings is 1. The first kappa shape index (κ1) is 22.4. The van der Waals surface area contributed by atoms with Crippen molar-refractivity contribution in [2.24, 2.45) is 0 Å². The number of ether oxygens (including phenoxy) is 2. The van der Waals surface area contributed by atoms with E-state index in [1.165, 1.54) is 17.5 Å². The third-order valence-corrected chi connectivity index (χ3v) is 5.89. The molecule has 0 radical (unpaired) electrons.